The van der Waals surface area contributed by atoms with E-state index in [1.54, 1.807) is 0 Å². The normalized spacial score (nSPS) is 14.5. The minimum absolute atomic E-state index is 0.167. The van der Waals surface area contributed by atoms with E-state index in [9.17, 15) is 13.4 Å². The number of halogens is 1. The van der Waals surface area contributed by atoms with Gasteiger partial charge in [0, 0.05) is 0 Å². The minimum Gasteiger partial charge on any atom is -0.481 e. The summed E-state index contributed by atoms with van der Waals surface area (Å²) in [4.78, 5) is 10.3. The summed E-state index contributed by atoms with van der Waals surface area (Å²) in [6, 6.07) is 5.16. The lowest BCUT2D eigenvalue weighted by molar-refractivity contribution is -0.134. The number of carboxylic acid groups (broad SMARTS) is 1. The molecule has 1 atom stereocenters. The predicted molar refractivity (Wildman–Crippen MR) is 53.5 cm³/mol. The smallest absolute Gasteiger partial charge is 0.317 e. The lowest BCUT2D eigenvalue weighted by Gasteiger charge is -2.04. The Bertz CT molecular complexity index is 453. The quantitative estimate of drug-likeness (QED) is 0.823. The van der Waals surface area contributed by atoms with Crippen LogP contribution in [0.2, 0.25) is 0 Å². The first-order valence-electron chi connectivity index (χ1n) is 4.09. The number of hydrogen-bond acceptors (Lipinski definition) is 3. The van der Waals surface area contributed by atoms with Crippen LogP contribution in [0.3, 0.4) is 0 Å². The fraction of sp³-hybridized carbons (Fsp3) is 0.222. The molecule has 82 valence electrons. The third-order valence-corrected chi connectivity index (χ3v) is 3.18. The molecule has 0 aliphatic carbocycles. The number of carbonyl (C=O) groups is 1. The monoisotopic (exact) mass is 231 g/mol. The van der Waals surface area contributed by atoms with Crippen LogP contribution in [-0.2, 0) is 20.3 Å². The second-order valence-electron chi connectivity index (χ2n) is 3.12. The molecule has 0 spiro atoms. The fourth-order valence-corrected chi connectivity index (χ4v) is 2.33. The van der Waals surface area contributed by atoms with E-state index >= 15 is 0 Å². The zero-order valence-corrected chi connectivity index (χ0v) is 8.59. The van der Waals surface area contributed by atoms with Crippen LogP contribution >= 0.6 is 0 Å². The first-order valence-corrected chi connectivity index (χ1v) is 5.99. The van der Waals surface area contributed by atoms with Crippen LogP contribution in [0.5, 0.6) is 0 Å². The van der Waals surface area contributed by atoms with Gasteiger partial charge < -0.3 is 5.11 Å². The molecule has 0 aliphatic rings. The Labute approximate surface area is 86.7 Å². The molecule has 0 aromatic heterocycles. The van der Waals surface area contributed by atoms with Crippen molar-refractivity contribution in [3.05, 3.63) is 35.6 Å². The second kappa shape index (κ2) is 4.39. The number of hydrogen-bond donors (Lipinski definition) is 2. The lowest BCUT2D eigenvalue weighted by atomic mass is 10.2. The Morgan fingerprint density at radius 1 is 1.40 bits per heavy atom. The van der Waals surface area contributed by atoms with E-state index in [4.69, 9.17) is 9.89 Å². The van der Waals surface area contributed by atoms with Crippen molar-refractivity contribution in [1.82, 2.24) is 0 Å². The largest absolute Gasteiger partial charge is 0.481 e. The van der Waals surface area contributed by atoms with Gasteiger partial charge in [0.2, 0.25) is 0 Å². The summed E-state index contributed by atoms with van der Waals surface area (Å²) in [5, 5.41) is 8.41. The van der Waals surface area contributed by atoms with Crippen molar-refractivity contribution in [2.24, 2.45) is 0 Å². The van der Waals surface area contributed by atoms with Crippen LogP contribution in [0, 0.1) is 10.6 Å². The van der Waals surface area contributed by atoms with E-state index in [1.807, 2.05) is 0 Å². The molecule has 0 aliphatic heterocycles. The third kappa shape index (κ3) is 4.07. The highest BCUT2D eigenvalue weighted by Crippen LogP contribution is 2.08. The van der Waals surface area contributed by atoms with Crippen LogP contribution in [0.4, 0.5) is 4.39 Å². The van der Waals surface area contributed by atoms with Gasteiger partial charge in [-0.15, -0.1) is 0 Å². The number of benzene rings is 1. The summed E-state index contributed by atoms with van der Waals surface area (Å²) in [7, 11) is -3.17. The van der Waals surface area contributed by atoms with E-state index in [2.05, 4.69) is 0 Å². The van der Waals surface area contributed by atoms with Gasteiger partial charge in [-0.1, -0.05) is 12.1 Å². The molecule has 6 heteroatoms. The Morgan fingerprint density at radius 3 is 2.40 bits per heavy atom. The molecule has 0 radical (unpaired) electrons. The molecule has 0 saturated carbocycles. The van der Waals surface area contributed by atoms with Crippen molar-refractivity contribution in [2.75, 3.05) is 5.75 Å². The molecular formula is C9H10FNO3S. The van der Waals surface area contributed by atoms with E-state index in [0.29, 0.717) is 5.56 Å². The Morgan fingerprint density at radius 2 is 1.93 bits per heavy atom. The highest BCUT2D eigenvalue weighted by Gasteiger charge is 2.12. The van der Waals surface area contributed by atoms with E-state index < -0.39 is 27.3 Å². The summed E-state index contributed by atoms with van der Waals surface area (Å²) >= 11 is 0. The van der Waals surface area contributed by atoms with Crippen LogP contribution < -0.4 is 0 Å². The molecule has 2 N–H and O–H groups in total. The standard InChI is InChI=1S/C9H10FNO3S/c10-8-3-1-7(2-4-8)5-15(11,14)6-9(12)13/h1-4,11H,5-6H2,(H,12,13). The van der Waals surface area contributed by atoms with Gasteiger partial charge in [-0.2, -0.15) is 0 Å². The van der Waals surface area contributed by atoms with Crippen LogP contribution in [0.25, 0.3) is 0 Å². The van der Waals surface area contributed by atoms with Gasteiger partial charge in [-0.25, -0.2) is 8.60 Å². The second-order valence-corrected chi connectivity index (χ2v) is 5.32. The lowest BCUT2D eigenvalue weighted by Crippen LogP contribution is -2.15. The average Bonchev–Trinajstić information content (AvgIpc) is 2.06. The van der Waals surface area contributed by atoms with E-state index in [0.717, 1.165) is 0 Å². The van der Waals surface area contributed by atoms with Crippen molar-refractivity contribution in [3.63, 3.8) is 0 Å². The predicted octanol–water partition coefficient (Wildman–Crippen LogP) is 1.46. The minimum atomic E-state index is -3.17. The summed E-state index contributed by atoms with van der Waals surface area (Å²) in [6.45, 7) is 0. The molecule has 1 aromatic rings. The van der Waals surface area contributed by atoms with Crippen LogP contribution in [0.15, 0.2) is 24.3 Å². The van der Waals surface area contributed by atoms with Gasteiger partial charge in [0.15, 0.2) is 0 Å². The SMILES string of the molecule is N=S(=O)(CC(=O)O)Cc1ccc(F)cc1. The zero-order valence-electron chi connectivity index (χ0n) is 7.77. The maximum Gasteiger partial charge on any atom is 0.317 e. The molecule has 1 rings (SSSR count). The highest BCUT2D eigenvalue weighted by molar-refractivity contribution is 7.92. The molecule has 1 aromatic carbocycles. The zero-order chi connectivity index (χ0) is 11.5. The average molecular weight is 231 g/mol. The molecule has 15 heavy (non-hydrogen) atoms. The first kappa shape index (κ1) is 11.6. The molecule has 0 saturated heterocycles. The topological polar surface area (TPSA) is 78.2 Å². The fourth-order valence-electron chi connectivity index (χ4n) is 1.10. The van der Waals surface area contributed by atoms with Gasteiger partial charge in [0.25, 0.3) is 0 Å². The Balaban J connectivity index is 2.78. The van der Waals surface area contributed by atoms with Crippen LogP contribution in [-0.4, -0.2) is 21.0 Å². The number of aliphatic carboxylic acids is 1. The van der Waals surface area contributed by atoms with Crippen molar-refractivity contribution < 1.29 is 18.5 Å². The molecule has 1 unspecified atom stereocenters. The van der Waals surface area contributed by atoms with Gasteiger partial charge in [0.05, 0.1) is 15.5 Å². The van der Waals surface area contributed by atoms with Gasteiger partial charge in [-0.3, -0.25) is 9.57 Å². The number of nitrogens with one attached hydrogen (secondary N) is 1. The van der Waals surface area contributed by atoms with Gasteiger partial charge in [0.1, 0.15) is 11.6 Å². The molecule has 0 amide bonds. The molecule has 4 nitrogen and oxygen atoms in total. The summed E-state index contributed by atoms with van der Waals surface area (Å²) in [5.41, 5.74) is 0.498. The van der Waals surface area contributed by atoms with Crippen molar-refractivity contribution >= 4 is 15.7 Å². The first-order chi connectivity index (χ1) is 6.89. The Hall–Kier alpha value is -1.43. The molecule has 0 heterocycles. The number of carboxylic acids is 1. The third-order valence-electron chi connectivity index (χ3n) is 1.67. The highest BCUT2D eigenvalue weighted by atomic mass is 32.2. The summed E-state index contributed by atoms with van der Waals surface area (Å²) in [6.07, 6.45) is 0. The summed E-state index contributed by atoms with van der Waals surface area (Å²) < 4.78 is 31.3. The van der Waals surface area contributed by atoms with Crippen molar-refractivity contribution in [2.45, 2.75) is 5.75 Å². The van der Waals surface area contributed by atoms with Crippen molar-refractivity contribution in [1.29, 1.82) is 4.78 Å². The van der Waals surface area contributed by atoms with Gasteiger partial charge >= 0.3 is 5.97 Å². The van der Waals surface area contributed by atoms with Gasteiger partial charge in [-0.05, 0) is 17.7 Å². The maximum absolute atomic E-state index is 12.5. The molecule has 0 bridgehead atoms. The van der Waals surface area contributed by atoms with E-state index in [1.165, 1.54) is 24.3 Å². The van der Waals surface area contributed by atoms with Crippen molar-refractivity contribution in [3.8, 4) is 0 Å². The van der Waals surface area contributed by atoms with Crippen LogP contribution in [0.1, 0.15) is 5.56 Å². The maximum atomic E-state index is 12.5. The number of rotatable bonds is 4. The molecular weight excluding hydrogens is 221 g/mol. The summed E-state index contributed by atoms with van der Waals surface area (Å²) in [5.74, 6) is -2.55. The Kier molecular flexibility index (Phi) is 3.41. The van der Waals surface area contributed by atoms with E-state index in [-0.39, 0.29) is 5.75 Å². The molecule has 0 fully saturated rings.